The molecule has 8 nitrogen and oxygen atoms in total. The maximum Gasteiger partial charge on any atom is 0.260 e. The van der Waals surface area contributed by atoms with Crippen LogP contribution >= 0.6 is 0 Å². The lowest BCUT2D eigenvalue weighted by molar-refractivity contribution is -0.134. The third-order valence-corrected chi connectivity index (χ3v) is 7.14. The van der Waals surface area contributed by atoms with Crippen molar-refractivity contribution in [3.05, 3.63) is 41.2 Å². The minimum absolute atomic E-state index is 0.0585. The minimum atomic E-state index is -3.63. The maximum atomic E-state index is 13.0. The first-order valence-electron chi connectivity index (χ1n) is 9.17. The van der Waals surface area contributed by atoms with E-state index in [0.29, 0.717) is 30.2 Å². The molecule has 2 heterocycles. The second-order valence-electron chi connectivity index (χ2n) is 7.01. The number of aromatic nitrogens is 2. The smallest absolute Gasteiger partial charge is 0.260 e. The van der Waals surface area contributed by atoms with Gasteiger partial charge in [-0.2, -0.15) is 9.40 Å². The summed E-state index contributed by atoms with van der Waals surface area (Å²) in [5.41, 5.74) is 2.16. The van der Waals surface area contributed by atoms with Crippen LogP contribution in [0.3, 0.4) is 0 Å². The summed E-state index contributed by atoms with van der Waals surface area (Å²) < 4.78 is 34.6. The van der Waals surface area contributed by atoms with Crippen LogP contribution in [0.25, 0.3) is 0 Å². The van der Waals surface area contributed by atoms with Crippen molar-refractivity contribution in [3.63, 3.8) is 0 Å². The van der Waals surface area contributed by atoms with Gasteiger partial charge in [0, 0.05) is 33.2 Å². The molecule has 0 spiro atoms. The third kappa shape index (κ3) is 4.05. The molecule has 2 aromatic rings. The molecule has 0 unspecified atom stereocenters. The van der Waals surface area contributed by atoms with Crippen LogP contribution in [0.5, 0.6) is 5.75 Å². The fourth-order valence-electron chi connectivity index (χ4n) is 3.38. The number of sulfonamides is 1. The first-order chi connectivity index (χ1) is 13.2. The molecular formula is C19H26N4O4S. The summed E-state index contributed by atoms with van der Waals surface area (Å²) in [6, 6.07) is 7.51. The Balaban J connectivity index is 1.60. The molecule has 1 aliphatic rings. The molecule has 3 rings (SSSR count). The summed E-state index contributed by atoms with van der Waals surface area (Å²) in [7, 11) is -1.90. The summed E-state index contributed by atoms with van der Waals surface area (Å²) in [5, 5.41) is 4.20. The van der Waals surface area contributed by atoms with Gasteiger partial charge in [0.05, 0.1) is 11.4 Å². The molecule has 0 radical (unpaired) electrons. The lowest BCUT2D eigenvalue weighted by Crippen LogP contribution is -2.51. The Hall–Kier alpha value is -2.39. The van der Waals surface area contributed by atoms with Crippen molar-refractivity contribution in [2.45, 2.75) is 25.7 Å². The van der Waals surface area contributed by atoms with Gasteiger partial charge in [0.15, 0.2) is 6.61 Å². The highest BCUT2D eigenvalue weighted by Crippen LogP contribution is 2.24. The molecule has 28 heavy (non-hydrogen) atoms. The highest BCUT2D eigenvalue weighted by atomic mass is 32.2. The fraction of sp³-hybridized carbons (Fsp3) is 0.474. The number of hydrogen-bond donors (Lipinski definition) is 0. The van der Waals surface area contributed by atoms with Crippen molar-refractivity contribution >= 4 is 15.9 Å². The van der Waals surface area contributed by atoms with Crippen LogP contribution in [0.2, 0.25) is 0 Å². The SMILES string of the molecule is Cc1cccc(OCC(=O)N2CCN(S(=O)(=O)c3c(C)nn(C)c3C)CC2)c1. The minimum Gasteiger partial charge on any atom is -0.484 e. The average molecular weight is 407 g/mol. The summed E-state index contributed by atoms with van der Waals surface area (Å²) in [4.78, 5) is 14.3. The Morgan fingerprint density at radius 1 is 1.14 bits per heavy atom. The zero-order chi connectivity index (χ0) is 20.5. The number of rotatable bonds is 5. The number of aryl methyl sites for hydroxylation is 3. The number of ether oxygens (including phenoxy) is 1. The van der Waals surface area contributed by atoms with Crippen LogP contribution in [0.4, 0.5) is 0 Å². The van der Waals surface area contributed by atoms with E-state index >= 15 is 0 Å². The van der Waals surface area contributed by atoms with Crippen molar-refractivity contribution in [2.24, 2.45) is 7.05 Å². The van der Waals surface area contributed by atoms with Crippen molar-refractivity contribution in [1.82, 2.24) is 19.0 Å². The number of carbonyl (C=O) groups excluding carboxylic acids is 1. The van der Waals surface area contributed by atoms with Gasteiger partial charge in [-0.3, -0.25) is 9.48 Å². The van der Waals surface area contributed by atoms with E-state index < -0.39 is 10.0 Å². The van der Waals surface area contributed by atoms with E-state index in [4.69, 9.17) is 4.74 Å². The lowest BCUT2D eigenvalue weighted by atomic mass is 10.2. The number of hydrogen-bond acceptors (Lipinski definition) is 5. The molecule has 9 heteroatoms. The van der Waals surface area contributed by atoms with E-state index in [2.05, 4.69) is 5.10 Å². The second-order valence-corrected chi connectivity index (χ2v) is 8.89. The van der Waals surface area contributed by atoms with E-state index in [1.54, 1.807) is 30.5 Å². The Morgan fingerprint density at radius 3 is 2.39 bits per heavy atom. The number of nitrogens with zero attached hydrogens (tertiary/aromatic N) is 4. The Morgan fingerprint density at radius 2 is 1.82 bits per heavy atom. The topological polar surface area (TPSA) is 84.7 Å². The second kappa shape index (κ2) is 7.92. The number of amides is 1. The molecule has 0 atom stereocenters. The quantitative estimate of drug-likeness (QED) is 0.746. The van der Waals surface area contributed by atoms with E-state index in [-0.39, 0.29) is 30.5 Å². The van der Waals surface area contributed by atoms with Crippen LogP contribution in [0.1, 0.15) is 17.0 Å². The normalized spacial score (nSPS) is 15.6. The first-order valence-corrected chi connectivity index (χ1v) is 10.6. The van der Waals surface area contributed by atoms with Gasteiger partial charge in [-0.15, -0.1) is 0 Å². The van der Waals surface area contributed by atoms with Gasteiger partial charge in [-0.05, 0) is 38.5 Å². The summed E-state index contributed by atoms with van der Waals surface area (Å²) in [5.74, 6) is 0.504. The summed E-state index contributed by atoms with van der Waals surface area (Å²) in [6.07, 6.45) is 0. The van der Waals surface area contributed by atoms with Gasteiger partial charge in [-0.25, -0.2) is 8.42 Å². The van der Waals surface area contributed by atoms with E-state index in [1.807, 2.05) is 31.2 Å². The van der Waals surface area contributed by atoms with E-state index in [1.165, 1.54) is 4.31 Å². The molecule has 152 valence electrons. The molecule has 1 amide bonds. The van der Waals surface area contributed by atoms with Crippen LogP contribution < -0.4 is 4.74 Å². The average Bonchev–Trinajstić information content (AvgIpc) is 2.92. The zero-order valence-electron chi connectivity index (χ0n) is 16.7. The van der Waals surface area contributed by atoms with Gasteiger partial charge in [0.2, 0.25) is 10.0 Å². The van der Waals surface area contributed by atoms with Gasteiger partial charge in [0.1, 0.15) is 10.6 Å². The standard InChI is InChI=1S/C19H26N4O4S/c1-14-6-5-7-17(12-14)27-13-18(24)22-8-10-23(11-9-22)28(25,26)19-15(2)20-21(4)16(19)3/h5-7,12H,8-11,13H2,1-4H3. The highest BCUT2D eigenvalue weighted by Gasteiger charge is 2.33. The van der Waals surface area contributed by atoms with E-state index in [9.17, 15) is 13.2 Å². The molecular weight excluding hydrogens is 380 g/mol. The fourth-order valence-corrected chi connectivity index (χ4v) is 5.20. The van der Waals surface area contributed by atoms with Crippen molar-refractivity contribution in [1.29, 1.82) is 0 Å². The molecule has 1 fully saturated rings. The van der Waals surface area contributed by atoms with Crippen molar-refractivity contribution < 1.29 is 17.9 Å². The Bertz CT molecular complexity index is 976. The monoisotopic (exact) mass is 406 g/mol. The Kier molecular flexibility index (Phi) is 5.76. The summed E-state index contributed by atoms with van der Waals surface area (Å²) in [6.45, 7) is 6.54. The van der Waals surface area contributed by atoms with Crippen molar-refractivity contribution in [2.75, 3.05) is 32.8 Å². The van der Waals surface area contributed by atoms with Crippen LogP contribution in [-0.4, -0.2) is 66.1 Å². The molecule has 0 saturated carbocycles. The first kappa shape index (κ1) is 20.3. The molecule has 1 aromatic heterocycles. The molecule has 1 saturated heterocycles. The largest absolute Gasteiger partial charge is 0.484 e. The summed E-state index contributed by atoms with van der Waals surface area (Å²) >= 11 is 0. The van der Waals surface area contributed by atoms with Crippen LogP contribution in [-0.2, 0) is 21.9 Å². The van der Waals surface area contributed by atoms with E-state index in [0.717, 1.165) is 5.56 Å². The highest BCUT2D eigenvalue weighted by molar-refractivity contribution is 7.89. The molecule has 1 aromatic carbocycles. The van der Waals surface area contributed by atoms with Crippen LogP contribution in [0.15, 0.2) is 29.2 Å². The number of carbonyl (C=O) groups is 1. The molecule has 0 bridgehead atoms. The Labute approximate surface area is 165 Å². The zero-order valence-corrected chi connectivity index (χ0v) is 17.5. The lowest BCUT2D eigenvalue weighted by Gasteiger charge is -2.34. The van der Waals surface area contributed by atoms with Gasteiger partial charge in [-0.1, -0.05) is 12.1 Å². The van der Waals surface area contributed by atoms with Crippen molar-refractivity contribution in [3.8, 4) is 5.75 Å². The van der Waals surface area contributed by atoms with Gasteiger partial charge < -0.3 is 9.64 Å². The third-order valence-electron chi connectivity index (χ3n) is 4.98. The number of benzene rings is 1. The molecule has 1 aliphatic heterocycles. The van der Waals surface area contributed by atoms with Gasteiger partial charge in [0.25, 0.3) is 5.91 Å². The molecule has 0 aliphatic carbocycles. The predicted molar refractivity (Wildman–Crippen MR) is 105 cm³/mol. The van der Waals surface area contributed by atoms with Crippen LogP contribution in [0, 0.1) is 20.8 Å². The maximum absolute atomic E-state index is 13.0. The van der Waals surface area contributed by atoms with Gasteiger partial charge >= 0.3 is 0 Å². The number of piperazine rings is 1. The predicted octanol–water partition coefficient (Wildman–Crippen LogP) is 1.26. The molecule has 0 N–H and O–H groups in total.